The number of benzene rings is 1. The Morgan fingerprint density at radius 1 is 1.37 bits per heavy atom. The highest BCUT2D eigenvalue weighted by molar-refractivity contribution is 5.97. The van der Waals surface area contributed by atoms with E-state index in [4.69, 9.17) is 10.5 Å². The van der Waals surface area contributed by atoms with Gasteiger partial charge in [0.15, 0.2) is 0 Å². The van der Waals surface area contributed by atoms with Crippen LogP contribution in [0.4, 0.5) is 11.4 Å². The van der Waals surface area contributed by atoms with Crippen molar-refractivity contribution in [3.8, 4) is 5.75 Å². The van der Waals surface area contributed by atoms with Gasteiger partial charge in [-0.3, -0.25) is 9.59 Å². The highest BCUT2D eigenvalue weighted by Gasteiger charge is 2.14. The summed E-state index contributed by atoms with van der Waals surface area (Å²) < 4.78 is 5.15. The van der Waals surface area contributed by atoms with E-state index in [0.717, 1.165) is 0 Å². The smallest absolute Gasteiger partial charge is 0.241 e. The minimum Gasteiger partial charge on any atom is -0.495 e. The third-order valence-corrected chi connectivity index (χ3v) is 2.55. The lowest BCUT2D eigenvalue weighted by Crippen LogP contribution is -2.34. The van der Waals surface area contributed by atoms with Crippen molar-refractivity contribution in [2.45, 2.75) is 26.3 Å². The third kappa shape index (κ3) is 4.26. The molecule has 2 amide bonds. The number of ether oxygens (including phenoxy) is 1. The zero-order chi connectivity index (χ0) is 14.4. The second-order valence-corrected chi connectivity index (χ2v) is 4.10. The third-order valence-electron chi connectivity index (χ3n) is 2.55. The van der Waals surface area contributed by atoms with Crippen LogP contribution in [-0.4, -0.2) is 25.0 Å². The number of carbonyl (C=O) groups excluding carboxylic acids is 2. The van der Waals surface area contributed by atoms with Crippen LogP contribution in [0.1, 0.15) is 20.3 Å². The molecule has 0 aliphatic carbocycles. The van der Waals surface area contributed by atoms with Crippen LogP contribution in [0.3, 0.4) is 0 Å². The van der Waals surface area contributed by atoms with Crippen molar-refractivity contribution < 1.29 is 14.3 Å². The second-order valence-electron chi connectivity index (χ2n) is 4.10. The molecule has 1 rings (SSSR count). The number of rotatable bonds is 5. The Hall–Kier alpha value is -2.08. The number of methoxy groups -OCH3 is 1. The van der Waals surface area contributed by atoms with Gasteiger partial charge >= 0.3 is 0 Å². The molecule has 0 saturated heterocycles. The SMILES string of the molecule is CC[C@H](N)C(=O)Nc1cc(NC(C)=O)ccc1OC. The summed E-state index contributed by atoms with van der Waals surface area (Å²) in [6.45, 7) is 3.24. The first kappa shape index (κ1) is 15.0. The van der Waals surface area contributed by atoms with Crippen molar-refractivity contribution in [2.75, 3.05) is 17.7 Å². The van der Waals surface area contributed by atoms with Gasteiger partial charge in [-0.1, -0.05) is 6.92 Å². The van der Waals surface area contributed by atoms with E-state index in [-0.39, 0.29) is 11.8 Å². The summed E-state index contributed by atoms with van der Waals surface area (Å²) in [5.74, 6) is 0.0271. The molecule has 1 aromatic rings. The van der Waals surface area contributed by atoms with Gasteiger partial charge in [-0.05, 0) is 24.6 Å². The fourth-order valence-corrected chi connectivity index (χ4v) is 1.50. The Balaban J connectivity index is 2.95. The Labute approximate surface area is 112 Å². The first-order valence-electron chi connectivity index (χ1n) is 6.00. The molecule has 0 unspecified atom stereocenters. The van der Waals surface area contributed by atoms with Crippen molar-refractivity contribution in [1.82, 2.24) is 0 Å². The van der Waals surface area contributed by atoms with Crippen LogP contribution >= 0.6 is 0 Å². The van der Waals surface area contributed by atoms with Crippen molar-refractivity contribution >= 4 is 23.2 Å². The Bertz CT molecular complexity index is 474. The van der Waals surface area contributed by atoms with Crippen molar-refractivity contribution in [2.24, 2.45) is 5.73 Å². The number of nitrogens with one attached hydrogen (secondary N) is 2. The standard InChI is InChI=1S/C13H19N3O3/c1-4-10(14)13(18)16-11-7-9(15-8(2)17)5-6-12(11)19-3/h5-7,10H,4,14H2,1-3H3,(H,15,17)(H,16,18)/t10-/m0/s1. The highest BCUT2D eigenvalue weighted by Crippen LogP contribution is 2.28. The highest BCUT2D eigenvalue weighted by atomic mass is 16.5. The summed E-state index contributed by atoms with van der Waals surface area (Å²) in [7, 11) is 1.50. The van der Waals surface area contributed by atoms with Crippen LogP contribution in [0.15, 0.2) is 18.2 Å². The van der Waals surface area contributed by atoms with Crippen LogP contribution < -0.4 is 21.1 Å². The van der Waals surface area contributed by atoms with Gasteiger partial charge in [0.05, 0.1) is 18.8 Å². The van der Waals surface area contributed by atoms with Crippen LogP contribution in [0.25, 0.3) is 0 Å². The Kier molecular flexibility index (Phi) is 5.32. The number of amides is 2. The summed E-state index contributed by atoms with van der Waals surface area (Å²) >= 11 is 0. The Morgan fingerprint density at radius 3 is 2.58 bits per heavy atom. The largest absolute Gasteiger partial charge is 0.495 e. The Morgan fingerprint density at radius 2 is 2.05 bits per heavy atom. The lowest BCUT2D eigenvalue weighted by Gasteiger charge is -2.14. The van der Waals surface area contributed by atoms with Gasteiger partial charge in [-0.2, -0.15) is 0 Å². The normalized spacial score (nSPS) is 11.6. The molecule has 6 heteroatoms. The van der Waals surface area contributed by atoms with Gasteiger partial charge in [-0.25, -0.2) is 0 Å². The zero-order valence-corrected chi connectivity index (χ0v) is 11.3. The predicted molar refractivity (Wildman–Crippen MR) is 74.2 cm³/mol. The minimum atomic E-state index is -0.575. The van der Waals surface area contributed by atoms with E-state index < -0.39 is 6.04 Å². The summed E-state index contributed by atoms with van der Waals surface area (Å²) in [4.78, 5) is 22.8. The molecular weight excluding hydrogens is 246 g/mol. The van der Waals surface area contributed by atoms with Crippen LogP contribution in [0, 0.1) is 0 Å². The molecule has 0 bridgehead atoms. The van der Waals surface area contributed by atoms with Gasteiger partial charge in [0.2, 0.25) is 11.8 Å². The van der Waals surface area contributed by atoms with Crippen LogP contribution in [0.5, 0.6) is 5.75 Å². The number of hydrogen-bond acceptors (Lipinski definition) is 4. The maximum atomic E-state index is 11.8. The fourth-order valence-electron chi connectivity index (χ4n) is 1.50. The molecule has 104 valence electrons. The van der Waals surface area contributed by atoms with Crippen molar-refractivity contribution in [3.05, 3.63) is 18.2 Å². The number of carbonyl (C=O) groups is 2. The average molecular weight is 265 g/mol. The summed E-state index contributed by atoms with van der Waals surface area (Å²) in [6, 6.07) is 4.41. The molecule has 0 spiro atoms. The molecular formula is C13H19N3O3. The number of anilines is 2. The van der Waals surface area contributed by atoms with Gasteiger partial charge < -0.3 is 21.1 Å². The van der Waals surface area contributed by atoms with Gasteiger partial charge in [0.25, 0.3) is 0 Å². The second kappa shape index (κ2) is 6.75. The maximum absolute atomic E-state index is 11.8. The van der Waals surface area contributed by atoms with E-state index >= 15 is 0 Å². The van der Waals surface area contributed by atoms with E-state index in [2.05, 4.69) is 10.6 Å². The quantitative estimate of drug-likeness (QED) is 0.748. The topological polar surface area (TPSA) is 93.5 Å². The maximum Gasteiger partial charge on any atom is 0.241 e. The lowest BCUT2D eigenvalue weighted by molar-refractivity contribution is -0.117. The summed E-state index contributed by atoms with van der Waals surface area (Å²) in [5.41, 5.74) is 6.70. The predicted octanol–water partition coefficient (Wildman–Crippen LogP) is 1.33. The van der Waals surface area contributed by atoms with Crippen LogP contribution in [0.2, 0.25) is 0 Å². The monoisotopic (exact) mass is 265 g/mol. The average Bonchev–Trinajstić information content (AvgIpc) is 2.37. The van der Waals surface area contributed by atoms with E-state index in [9.17, 15) is 9.59 Å². The molecule has 0 aromatic heterocycles. The summed E-state index contributed by atoms with van der Waals surface area (Å²) in [5, 5.41) is 5.32. The molecule has 4 N–H and O–H groups in total. The molecule has 1 atom stereocenters. The first-order valence-corrected chi connectivity index (χ1v) is 6.00. The number of hydrogen-bond donors (Lipinski definition) is 3. The molecule has 0 saturated carbocycles. The van der Waals surface area contributed by atoms with Crippen molar-refractivity contribution in [3.63, 3.8) is 0 Å². The molecule has 0 heterocycles. The number of nitrogens with two attached hydrogens (primary N) is 1. The van der Waals surface area contributed by atoms with Gasteiger partial charge in [0.1, 0.15) is 5.75 Å². The van der Waals surface area contributed by atoms with Gasteiger partial charge in [-0.15, -0.1) is 0 Å². The fraction of sp³-hybridized carbons (Fsp3) is 0.385. The van der Waals surface area contributed by atoms with E-state index in [1.807, 2.05) is 6.92 Å². The van der Waals surface area contributed by atoms with Crippen LogP contribution in [-0.2, 0) is 9.59 Å². The molecule has 19 heavy (non-hydrogen) atoms. The van der Waals surface area contributed by atoms with Crippen molar-refractivity contribution in [1.29, 1.82) is 0 Å². The molecule has 0 aliphatic rings. The lowest BCUT2D eigenvalue weighted by atomic mass is 10.2. The summed E-state index contributed by atoms with van der Waals surface area (Å²) in [6.07, 6.45) is 0.541. The van der Waals surface area contributed by atoms with E-state index in [1.54, 1.807) is 18.2 Å². The molecule has 6 nitrogen and oxygen atoms in total. The molecule has 0 aliphatic heterocycles. The van der Waals surface area contributed by atoms with Gasteiger partial charge in [0, 0.05) is 12.6 Å². The molecule has 1 aromatic carbocycles. The molecule has 0 radical (unpaired) electrons. The molecule has 0 fully saturated rings. The minimum absolute atomic E-state index is 0.187. The van der Waals surface area contributed by atoms with E-state index in [0.29, 0.717) is 23.5 Å². The van der Waals surface area contributed by atoms with E-state index in [1.165, 1.54) is 14.0 Å². The first-order chi connectivity index (χ1) is 8.97. The zero-order valence-electron chi connectivity index (χ0n) is 11.3.